The van der Waals surface area contributed by atoms with Gasteiger partial charge in [-0.25, -0.2) is 0 Å². The molecule has 0 aromatic heterocycles. The maximum Gasteiger partial charge on any atom is 0.243 e. The van der Waals surface area contributed by atoms with Gasteiger partial charge in [-0.1, -0.05) is 26.0 Å². The number of benzene rings is 1. The summed E-state index contributed by atoms with van der Waals surface area (Å²) in [5.74, 6) is -0.591. The Morgan fingerprint density at radius 2 is 2.00 bits per heavy atom. The number of carbonyl (C=O) groups excluding carboxylic acids is 2. The van der Waals surface area contributed by atoms with Crippen LogP contribution in [-0.2, 0) is 20.9 Å². The van der Waals surface area contributed by atoms with E-state index in [1.807, 2.05) is 39.0 Å². The van der Waals surface area contributed by atoms with Crippen molar-refractivity contribution in [3.8, 4) is 0 Å². The van der Waals surface area contributed by atoms with Gasteiger partial charge < -0.3 is 21.1 Å². The quantitative estimate of drug-likeness (QED) is 0.669. The molecule has 1 atom stereocenters. The van der Waals surface area contributed by atoms with Gasteiger partial charge in [0.25, 0.3) is 0 Å². The first-order chi connectivity index (χ1) is 10.4. The minimum atomic E-state index is -0.609. The molecule has 1 aromatic rings. The summed E-state index contributed by atoms with van der Waals surface area (Å²) in [5, 5.41) is 5.26. The van der Waals surface area contributed by atoms with Gasteiger partial charge in [0.15, 0.2) is 0 Å². The molecule has 0 saturated carbocycles. The molecule has 0 spiro atoms. The molecule has 2 amide bonds. The zero-order chi connectivity index (χ0) is 16.5. The second-order valence-corrected chi connectivity index (χ2v) is 5.37. The van der Waals surface area contributed by atoms with Crippen LogP contribution in [-0.4, -0.2) is 31.0 Å². The number of nitrogens with one attached hydrogen (secondary N) is 2. The third-order valence-corrected chi connectivity index (χ3v) is 3.13. The lowest BCUT2D eigenvalue weighted by Crippen LogP contribution is -2.46. The SMILES string of the molecule is CCOCc1cccc(NC(=O)CNC(=O)[C@@H](N)C(C)C)c1.Cl. The molecular formula is C16H26ClN3O3. The zero-order valence-electron chi connectivity index (χ0n) is 13.8. The average Bonchev–Trinajstić information content (AvgIpc) is 2.50. The maximum absolute atomic E-state index is 11.8. The van der Waals surface area contributed by atoms with Gasteiger partial charge in [-0.2, -0.15) is 0 Å². The van der Waals surface area contributed by atoms with Crippen LogP contribution in [0.1, 0.15) is 26.3 Å². The first kappa shape index (κ1) is 21.4. The van der Waals surface area contributed by atoms with Crippen molar-refractivity contribution in [2.24, 2.45) is 11.7 Å². The van der Waals surface area contributed by atoms with Crippen molar-refractivity contribution in [2.45, 2.75) is 33.4 Å². The van der Waals surface area contributed by atoms with Gasteiger partial charge in [0.05, 0.1) is 19.2 Å². The molecule has 0 unspecified atom stereocenters. The van der Waals surface area contributed by atoms with Crippen molar-refractivity contribution in [3.05, 3.63) is 29.8 Å². The first-order valence-corrected chi connectivity index (χ1v) is 7.43. The predicted molar refractivity (Wildman–Crippen MR) is 93.5 cm³/mol. The van der Waals surface area contributed by atoms with E-state index in [1.54, 1.807) is 6.07 Å². The lowest BCUT2D eigenvalue weighted by molar-refractivity contribution is -0.125. The Morgan fingerprint density at radius 3 is 2.61 bits per heavy atom. The Kier molecular flexibility index (Phi) is 10.2. The Balaban J connectivity index is 0.00000484. The number of anilines is 1. The number of hydrogen-bond acceptors (Lipinski definition) is 4. The van der Waals surface area contributed by atoms with E-state index in [4.69, 9.17) is 10.5 Å². The van der Waals surface area contributed by atoms with Gasteiger partial charge in [-0.3, -0.25) is 9.59 Å². The molecular weight excluding hydrogens is 318 g/mol. The molecule has 7 heteroatoms. The monoisotopic (exact) mass is 343 g/mol. The topological polar surface area (TPSA) is 93.5 Å². The summed E-state index contributed by atoms with van der Waals surface area (Å²) in [6.45, 7) is 6.67. The second-order valence-electron chi connectivity index (χ2n) is 5.37. The van der Waals surface area contributed by atoms with Crippen LogP contribution in [0.4, 0.5) is 5.69 Å². The van der Waals surface area contributed by atoms with E-state index in [0.29, 0.717) is 18.9 Å². The molecule has 1 rings (SSSR count). The van der Waals surface area contributed by atoms with Crippen LogP contribution in [0.25, 0.3) is 0 Å². The minimum absolute atomic E-state index is 0. The van der Waals surface area contributed by atoms with Crippen LogP contribution in [0.15, 0.2) is 24.3 Å². The summed E-state index contributed by atoms with van der Waals surface area (Å²) in [5.41, 5.74) is 7.36. The smallest absolute Gasteiger partial charge is 0.243 e. The zero-order valence-corrected chi connectivity index (χ0v) is 14.6. The van der Waals surface area contributed by atoms with Crippen LogP contribution in [0.2, 0.25) is 0 Å². The first-order valence-electron chi connectivity index (χ1n) is 7.43. The van der Waals surface area contributed by atoms with Crippen molar-refractivity contribution < 1.29 is 14.3 Å². The summed E-state index contributed by atoms with van der Waals surface area (Å²) in [6.07, 6.45) is 0. The number of rotatable bonds is 8. The van der Waals surface area contributed by atoms with E-state index in [1.165, 1.54) is 0 Å². The third-order valence-electron chi connectivity index (χ3n) is 3.13. The lowest BCUT2D eigenvalue weighted by Gasteiger charge is -2.15. The van der Waals surface area contributed by atoms with E-state index >= 15 is 0 Å². The Hall–Kier alpha value is -1.63. The highest BCUT2D eigenvalue weighted by Crippen LogP contribution is 2.11. The lowest BCUT2D eigenvalue weighted by atomic mass is 10.1. The fraction of sp³-hybridized carbons (Fsp3) is 0.500. The Morgan fingerprint density at radius 1 is 1.30 bits per heavy atom. The van der Waals surface area contributed by atoms with E-state index in [0.717, 1.165) is 5.56 Å². The normalized spacial score (nSPS) is 11.5. The average molecular weight is 344 g/mol. The summed E-state index contributed by atoms with van der Waals surface area (Å²) < 4.78 is 5.32. The summed E-state index contributed by atoms with van der Waals surface area (Å²) >= 11 is 0. The van der Waals surface area contributed by atoms with Crippen molar-refractivity contribution in [2.75, 3.05) is 18.5 Å². The van der Waals surface area contributed by atoms with E-state index in [9.17, 15) is 9.59 Å². The molecule has 4 N–H and O–H groups in total. The van der Waals surface area contributed by atoms with Gasteiger partial charge in [-0.05, 0) is 30.5 Å². The Bertz CT molecular complexity index is 509. The van der Waals surface area contributed by atoms with Crippen molar-refractivity contribution >= 4 is 29.9 Å². The van der Waals surface area contributed by atoms with Crippen molar-refractivity contribution in [1.82, 2.24) is 5.32 Å². The highest BCUT2D eigenvalue weighted by molar-refractivity contribution is 5.95. The molecule has 0 radical (unpaired) electrons. The predicted octanol–water partition coefficient (Wildman–Crippen LogP) is 1.68. The van der Waals surface area contributed by atoms with Crippen LogP contribution in [0.5, 0.6) is 0 Å². The van der Waals surface area contributed by atoms with Gasteiger partial charge in [0.2, 0.25) is 11.8 Å². The summed E-state index contributed by atoms with van der Waals surface area (Å²) in [6, 6.07) is 6.79. The number of amides is 2. The fourth-order valence-electron chi connectivity index (χ4n) is 1.75. The van der Waals surface area contributed by atoms with Crippen LogP contribution in [0.3, 0.4) is 0 Å². The maximum atomic E-state index is 11.8. The van der Waals surface area contributed by atoms with E-state index < -0.39 is 6.04 Å². The van der Waals surface area contributed by atoms with E-state index in [2.05, 4.69) is 10.6 Å². The highest BCUT2D eigenvalue weighted by Gasteiger charge is 2.17. The van der Waals surface area contributed by atoms with E-state index in [-0.39, 0.29) is 36.7 Å². The molecule has 6 nitrogen and oxygen atoms in total. The minimum Gasteiger partial charge on any atom is -0.377 e. The molecule has 1 aromatic carbocycles. The number of ether oxygens (including phenoxy) is 1. The van der Waals surface area contributed by atoms with Crippen LogP contribution < -0.4 is 16.4 Å². The molecule has 0 fully saturated rings. The number of carbonyl (C=O) groups is 2. The van der Waals surface area contributed by atoms with Gasteiger partial charge >= 0.3 is 0 Å². The largest absolute Gasteiger partial charge is 0.377 e. The molecule has 0 aliphatic heterocycles. The third kappa shape index (κ3) is 7.97. The highest BCUT2D eigenvalue weighted by atomic mass is 35.5. The Labute approximate surface area is 143 Å². The molecule has 0 aliphatic rings. The molecule has 0 saturated heterocycles. The number of hydrogen-bond donors (Lipinski definition) is 3. The van der Waals surface area contributed by atoms with Gasteiger partial charge in [0, 0.05) is 12.3 Å². The number of halogens is 1. The summed E-state index contributed by atoms with van der Waals surface area (Å²) in [4.78, 5) is 23.5. The summed E-state index contributed by atoms with van der Waals surface area (Å²) in [7, 11) is 0. The van der Waals surface area contributed by atoms with Crippen LogP contribution >= 0.6 is 12.4 Å². The van der Waals surface area contributed by atoms with Crippen molar-refractivity contribution in [1.29, 1.82) is 0 Å². The molecule has 23 heavy (non-hydrogen) atoms. The molecule has 0 heterocycles. The standard InChI is InChI=1S/C16H25N3O3.ClH/c1-4-22-10-12-6-5-7-13(8-12)19-14(20)9-18-16(21)15(17)11(2)3;/h5-8,11,15H,4,9-10,17H2,1-3H3,(H,18,21)(H,19,20);1H/t15-;/m0./s1. The second kappa shape index (κ2) is 11.0. The van der Waals surface area contributed by atoms with Gasteiger partial charge in [0.1, 0.15) is 0 Å². The van der Waals surface area contributed by atoms with Gasteiger partial charge in [-0.15, -0.1) is 12.4 Å². The number of nitrogens with two attached hydrogens (primary N) is 1. The van der Waals surface area contributed by atoms with Crippen molar-refractivity contribution in [3.63, 3.8) is 0 Å². The van der Waals surface area contributed by atoms with Crippen LogP contribution in [0, 0.1) is 5.92 Å². The molecule has 0 bridgehead atoms. The fourth-order valence-corrected chi connectivity index (χ4v) is 1.75. The molecule has 130 valence electrons. The molecule has 0 aliphatic carbocycles.